The van der Waals surface area contributed by atoms with Crippen molar-refractivity contribution in [2.75, 3.05) is 0 Å². The molecule has 0 amide bonds. The normalized spacial score (nSPS) is 33.9. The molecule has 1 radical (unpaired) electrons. The van der Waals surface area contributed by atoms with E-state index in [1.165, 1.54) is 25.7 Å². The lowest BCUT2D eigenvalue weighted by molar-refractivity contribution is 0.0264. The zero-order chi connectivity index (χ0) is 20.3. The van der Waals surface area contributed by atoms with Gasteiger partial charge in [0.15, 0.2) is 11.5 Å². The van der Waals surface area contributed by atoms with Crippen LogP contribution in [0.4, 0.5) is 0 Å². The molecule has 0 aliphatic heterocycles. The van der Waals surface area contributed by atoms with Crippen LogP contribution in [0.1, 0.15) is 80.1 Å². The topological polar surface area (TPSA) is 18.5 Å². The quantitative estimate of drug-likeness (QED) is 0.517. The fraction of sp³-hybridized carbons (Fsp3) is 0.769. The van der Waals surface area contributed by atoms with Crippen molar-refractivity contribution in [1.29, 1.82) is 0 Å². The summed E-state index contributed by atoms with van der Waals surface area (Å²) in [4.78, 5) is 0. The van der Waals surface area contributed by atoms with E-state index < -0.39 is 0 Å². The van der Waals surface area contributed by atoms with Gasteiger partial charge in [-0.2, -0.15) is 0 Å². The number of ether oxygens (including phenoxy) is 2. The molecule has 0 heterocycles. The summed E-state index contributed by atoms with van der Waals surface area (Å²) in [5, 5.41) is 0. The molecule has 0 N–H and O–H groups in total. The van der Waals surface area contributed by atoms with Gasteiger partial charge in [0.25, 0.3) is 0 Å². The predicted octanol–water partition coefficient (Wildman–Crippen LogP) is 7.17. The molecule has 0 spiro atoms. The van der Waals surface area contributed by atoms with E-state index in [1.54, 1.807) is 0 Å². The number of hydrogen-bond acceptors (Lipinski definition) is 2. The zero-order valence-corrected chi connectivity index (χ0v) is 18.9. The second-order valence-electron chi connectivity index (χ2n) is 10.3. The lowest BCUT2D eigenvalue weighted by Gasteiger charge is -2.39. The van der Waals surface area contributed by atoms with Crippen molar-refractivity contribution in [3.8, 4) is 11.5 Å². The lowest BCUT2D eigenvalue weighted by atomic mass is 9.75. The zero-order valence-electron chi connectivity index (χ0n) is 18.9. The van der Waals surface area contributed by atoms with Gasteiger partial charge in [-0.05, 0) is 67.3 Å². The Morgan fingerprint density at radius 3 is 1.89 bits per heavy atom. The third-order valence-corrected chi connectivity index (χ3v) is 7.25. The van der Waals surface area contributed by atoms with E-state index >= 15 is 0 Å². The highest BCUT2D eigenvalue weighted by molar-refractivity contribution is 5.39. The first-order valence-electron chi connectivity index (χ1n) is 11.7. The average Bonchev–Trinajstić information content (AvgIpc) is 2.63. The van der Waals surface area contributed by atoms with Crippen LogP contribution in [0, 0.1) is 41.6 Å². The smallest absolute Gasteiger partial charge is 0.169 e. The fourth-order valence-corrected chi connectivity index (χ4v) is 5.41. The summed E-state index contributed by atoms with van der Waals surface area (Å²) in [5.41, 5.74) is 0. The largest absolute Gasteiger partial charge is 0.486 e. The van der Waals surface area contributed by atoms with Crippen molar-refractivity contribution in [2.24, 2.45) is 35.5 Å². The highest BCUT2D eigenvalue weighted by Gasteiger charge is 2.35. The summed E-state index contributed by atoms with van der Waals surface area (Å²) in [7, 11) is 0. The average molecular weight is 386 g/mol. The molecular weight excluding hydrogens is 344 g/mol. The summed E-state index contributed by atoms with van der Waals surface area (Å²) < 4.78 is 13.3. The lowest BCUT2D eigenvalue weighted by Crippen LogP contribution is -2.37. The number of rotatable bonds is 6. The van der Waals surface area contributed by atoms with Crippen LogP contribution in [-0.4, -0.2) is 12.2 Å². The Labute approximate surface area is 173 Å². The van der Waals surface area contributed by atoms with Crippen LogP contribution in [0.3, 0.4) is 0 Å². The van der Waals surface area contributed by atoms with Gasteiger partial charge in [-0.1, -0.05) is 66.5 Å². The number of benzene rings is 1. The molecule has 2 aliphatic rings. The highest BCUT2D eigenvalue weighted by Crippen LogP contribution is 2.41. The monoisotopic (exact) mass is 385 g/mol. The van der Waals surface area contributed by atoms with Gasteiger partial charge in [0.1, 0.15) is 12.2 Å². The minimum atomic E-state index is 0.274. The summed E-state index contributed by atoms with van der Waals surface area (Å²) in [6.45, 7) is 14.1. The maximum atomic E-state index is 6.64. The van der Waals surface area contributed by atoms with Crippen molar-refractivity contribution in [3.63, 3.8) is 0 Å². The first-order valence-corrected chi connectivity index (χ1v) is 11.7. The van der Waals surface area contributed by atoms with Crippen LogP contribution in [0.15, 0.2) is 18.2 Å². The van der Waals surface area contributed by atoms with Crippen LogP contribution in [0.25, 0.3) is 0 Å². The Bertz CT molecular complexity index is 555. The second kappa shape index (κ2) is 9.55. The molecule has 2 nitrogen and oxygen atoms in total. The van der Waals surface area contributed by atoms with E-state index in [1.807, 2.05) is 12.1 Å². The van der Waals surface area contributed by atoms with E-state index in [9.17, 15) is 0 Å². The van der Waals surface area contributed by atoms with Gasteiger partial charge in [-0.15, -0.1) is 0 Å². The molecule has 2 heteroatoms. The summed E-state index contributed by atoms with van der Waals surface area (Å²) >= 11 is 0. The van der Waals surface area contributed by atoms with Crippen molar-refractivity contribution in [1.82, 2.24) is 0 Å². The van der Waals surface area contributed by atoms with E-state index in [4.69, 9.17) is 9.47 Å². The van der Waals surface area contributed by atoms with E-state index in [2.05, 4.69) is 53.7 Å². The molecule has 157 valence electrons. The van der Waals surface area contributed by atoms with Gasteiger partial charge >= 0.3 is 0 Å². The predicted molar refractivity (Wildman–Crippen MR) is 117 cm³/mol. The van der Waals surface area contributed by atoms with Gasteiger partial charge in [-0.25, -0.2) is 0 Å². The molecule has 28 heavy (non-hydrogen) atoms. The number of para-hydroxylation sites is 1. The summed E-state index contributed by atoms with van der Waals surface area (Å²) in [6.07, 6.45) is 8.02. The highest BCUT2D eigenvalue weighted by atomic mass is 16.5. The van der Waals surface area contributed by atoms with Crippen molar-refractivity contribution in [2.45, 2.75) is 92.3 Å². The maximum Gasteiger partial charge on any atom is 0.169 e. The first kappa shape index (κ1) is 21.5. The minimum absolute atomic E-state index is 0.274. The van der Waals surface area contributed by atoms with Gasteiger partial charge in [-0.3, -0.25) is 0 Å². The Morgan fingerprint density at radius 2 is 1.36 bits per heavy atom. The third-order valence-electron chi connectivity index (χ3n) is 7.25. The molecular formula is C26H41O2. The SMILES string of the molecule is CC1CCC(C(C)C)C(Oc2[c]cccc2OC2CC(C)CCC2C(C)C)C1. The van der Waals surface area contributed by atoms with Gasteiger partial charge in [0, 0.05) is 6.07 Å². The third kappa shape index (κ3) is 5.24. The van der Waals surface area contributed by atoms with Crippen molar-refractivity contribution in [3.05, 3.63) is 24.3 Å². The van der Waals surface area contributed by atoms with Crippen molar-refractivity contribution < 1.29 is 9.47 Å². The summed E-state index contributed by atoms with van der Waals surface area (Å²) in [5.74, 6) is 5.74. The Kier molecular flexibility index (Phi) is 7.34. The Balaban J connectivity index is 1.76. The minimum Gasteiger partial charge on any atom is -0.486 e. The molecule has 0 aromatic heterocycles. The molecule has 2 fully saturated rings. The van der Waals surface area contributed by atoms with Crippen molar-refractivity contribution >= 4 is 0 Å². The Morgan fingerprint density at radius 1 is 0.821 bits per heavy atom. The van der Waals surface area contributed by atoms with E-state index in [0.717, 1.165) is 36.2 Å². The molecule has 2 aliphatic carbocycles. The Hall–Kier alpha value is -1.18. The fourth-order valence-electron chi connectivity index (χ4n) is 5.41. The van der Waals surface area contributed by atoms with Gasteiger partial charge in [0.2, 0.25) is 0 Å². The second-order valence-corrected chi connectivity index (χ2v) is 10.3. The first-order chi connectivity index (χ1) is 13.3. The van der Waals surface area contributed by atoms with E-state index in [0.29, 0.717) is 23.7 Å². The molecule has 1 aromatic rings. The molecule has 0 bridgehead atoms. The molecule has 0 saturated heterocycles. The molecule has 6 unspecified atom stereocenters. The van der Waals surface area contributed by atoms with Crippen LogP contribution >= 0.6 is 0 Å². The van der Waals surface area contributed by atoms with Gasteiger partial charge < -0.3 is 9.47 Å². The standard InChI is InChI=1S/C26H41O2/c1-17(2)21-13-11-19(5)15-25(21)27-23-9-7-8-10-24(23)28-26-16-20(6)12-14-22(26)18(3)4/h7-9,17-22,25-26H,11-16H2,1-6H3. The molecule has 1 aromatic carbocycles. The van der Waals surface area contributed by atoms with Crippen LogP contribution in [0.2, 0.25) is 0 Å². The molecule has 6 atom stereocenters. The van der Waals surface area contributed by atoms with Crippen LogP contribution in [0.5, 0.6) is 11.5 Å². The van der Waals surface area contributed by atoms with Crippen LogP contribution < -0.4 is 9.47 Å². The molecule has 3 rings (SSSR count). The maximum absolute atomic E-state index is 6.64. The molecule has 2 saturated carbocycles. The number of hydrogen-bond donors (Lipinski definition) is 0. The van der Waals surface area contributed by atoms with Gasteiger partial charge in [0.05, 0.1) is 0 Å². The summed E-state index contributed by atoms with van der Waals surface area (Å²) in [6, 6.07) is 9.43. The van der Waals surface area contributed by atoms with E-state index in [-0.39, 0.29) is 12.2 Å². The van der Waals surface area contributed by atoms with Crippen LogP contribution in [-0.2, 0) is 0 Å².